The lowest BCUT2D eigenvalue weighted by Gasteiger charge is -2.13. The van der Waals surface area contributed by atoms with E-state index in [1.807, 2.05) is 42.8 Å². The van der Waals surface area contributed by atoms with Gasteiger partial charge in [0.05, 0.1) is 17.4 Å². The average molecular weight is 233 g/mol. The number of hydrogen-bond donors (Lipinski definition) is 1. The van der Waals surface area contributed by atoms with E-state index in [2.05, 4.69) is 28.6 Å². The lowest BCUT2D eigenvalue weighted by Crippen LogP contribution is -2.19. The van der Waals surface area contributed by atoms with Gasteiger partial charge in [0.25, 0.3) is 0 Å². The molecule has 1 unspecified atom stereocenters. The van der Waals surface area contributed by atoms with Crippen LogP contribution in [0.5, 0.6) is 0 Å². The Balaban J connectivity index is 2.41. The van der Waals surface area contributed by atoms with E-state index in [0.717, 1.165) is 17.8 Å². The molecule has 1 N–H and O–H groups in total. The second-order valence-corrected chi connectivity index (χ2v) is 4.19. The van der Waals surface area contributed by atoms with Crippen molar-refractivity contribution in [2.75, 3.05) is 7.05 Å². The highest BCUT2D eigenvalue weighted by Crippen LogP contribution is 2.23. The summed E-state index contributed by atoms with van der Waals surface area (Å²) in [6, 6.07) is 2.15. The third-order valence-corrected chi connectivity index (χ3v) is 2.90. The molecule has 17 heavy (non-hydrogen) atoms. The van der Waals surface area contributed by atoms with Crippen LogP contribution in [0.1, 0.15) is 29.9 Å². The molecule has 0 aromatic carbocycles. The molecule has 0 bridgehead atoms. The number of aromatic nitrogens is 4. The van der Waals surface area contributed by atoms with Crippen LogP contribution >= 0.6 is 0 Å². The molecule has 5 nitrogen and oxygen atoms in total. The van der Waals surface area contributed by atoms with E-state index in [-0.39, 0.29) is 6.04 Å². The summed E-state index contributed by atoms with van der Waals surface area (Å²) in [5.41, 5.74) is 3.35. The van der Waals surface area contributed by atoms with Gasteiger partial charge in [0.15, 0.2) is 0 Å². The molecule has 0 fully saturated rings. The third kappa shape index (κ3) is 2.24. The Bertz CT molecular complexity index is 497. The summed E-state index contributed by atoms with van der Waals surface area (Å²) in [6.45, 7) is 2.12. The van der Waals surface area contributed by atoms with E-state index in [4.69, 9.17) is 0 Å². The van der Waals surface area contributed by atoms with Gasteiger partial charge in [0, 0.05) is 32.1 Å². The van der Waals surface area contributed by atoms with Crippen molar-refractivity contribution >= 4 is 0 Å². The van der Waals surface area contributed by atoms with Crippen LogP contribution in [0.4, 0.5) is 0 Å². The SMILES string of the molecule is CCc1nn(C)cc1C(NC)c1ccn(C)n1. The van der Waals surface area contributed by atoms with Crippen molar-refractivity contribution < 1.29 is 0 Å². The molecule has 2 rings (SSSR count). The van der Waals surface area contributed by atoms with E-state index in [0.29, 0.717) is 0 Å². The van der Waals surface area contributed by atoms with Crippen molar-refractivity contribution in [1.29, 1.82) is 0 Å². The highest BCUT2D eigenvalue weighted by Gasteiger charge is 2.19. The molecule has 0 aliphatic rings. The molecule has 5 heteroatoms. The zero-order valence-corrected chi connectivity index (χ0v) is 10.8. The minimum absolute atomic E-state index is 0.111. The molecule has 0 aliphatic carbocycles. The first-order chi connectivity index (χ1) is 8.15. The molecule has 2 aromatic heterocycles. The molecule has 0 spiro atoms. The monoisotopic (exact) mass is 233 g/mol. The van der Waals surface area contributed by atoms with Gasteiger partial charge >= 0.3 is 0 Å². The van der Waals surface area contributed by atoms with E-state index < -0.39 is 0 Å². The first-order valence-electron chi connectivity index (χ1n) is 5.85. The van der Waals surface area contributed by atoms with E-state index in [1.54, 1.807) is 0 Å². The molecular formula is C12H19N5. The summed E-state index contributed by atoms with van der Waals surface area (Å²) in [7, 11) is 5.83. The number of hydrogen-bond acceptors (Lipinski definition) is 3. The Labute approximate surface area is 101 Å². The average Bonchev–Trinajstić information content (AvgIpc) is 2.87. The number of rotatable bonds is 4. The first kappa shape index (κ1) is 11.9. The largest absolute Gasteiger partial charge is 0.308 e. The summed E-state index contributed by atoms with van der Waals surface area (Å²) in [5, 5.41) is 12.2. The van der Waals surface area contributed by atoms with Gasteiger partial charge in [0.1, 0.15) is 0 Å². The lowest BCUT2D eigenvalue weighted by molar-refractivity contribution is 0.637. The van der Waals surface area contributed by atoms with Crippen molar-refractivity contribution in [3.05, 3.63) is 35.4 Å². The molecule has 1 atom stereocenters. The molecule has 2 heterocycles. The molecular weight excluding hydrogens is 214 g/mol. The van der Waals surface area contributed by atoms with Crippen LogP contribution in [0.25, 0.3) is 0 Å². The van der Waals surface area contributed by atoms with Crippen LogP contribution < -0.4 is 5.32 Å². The standard InChI is InChI=1S/C12H19N5/c1-5-10-9(8-17(4)14-10)12(13-2)11-6-7-16(3)15-11/h6-8,12-13H,5H2,1-4H3. The van der Waals surface area contributed by atoms with Gasteiger partial charge < -0.3 is 5.32 Å². The summed E-state index contributed by atoms with van der Waals surface area (Å²) in [5.74, 6) is 0. The molecule has 0 saturated heterocycles. The van der Waals surface area contributed by atoms with Crippen LogP contribution in [-0.4, -0.2) is 26.6 Å². The van der Waals surface area contributed by atoms with Crippen molar-refractivity contribution in [3.63, 3.8) is 0 Å². The van der Waals surface area contributed by atoms with Crippen molar-refractivity contribution in [2.24, 2.45) is 14.1 Å². The smallest absolute Gasteiger partial charge is 0.0840 e. The van der Waals surface area contributed by atoms with E-state index >= 15 is 0 Å². The van der Waals surface area contributed by atoms with Crippen LogP contribution in [0, 0.1) is 0 Å². The second kappa shape index (κ2) is 4.71. The van der Waals surface area contributed by atoms with Gasteiger partial charge in [-0.25, -0.2) is 0 Å². The number of nitrogens with zero attached hydrogens (tertiary/aromatic N) is 4. The van der Waals surface area contributed by atoms with E-state index in [9.17, 15) is 0 Å². The predicted molar refractivity (Wildman–Crippen MR) is 66.7 cm³/mol. The minimum atomic E-state index is 0.111. The molecule has 92 valence electrons. The Hall–Kier alpha value is -1.62. The maximum atomic E-state index is 4.47. The van der Waals surface area contributed by atoms with Crippen LogP contribution in [0.3, 0.4) is 0 Å². The maximum Gasteiger partial charge on any atom is 0.0840 e. The van der Waals surface area contributed by atoms with Crippen molar-refractivity contribution in [2.45, 2.75) is 19.4 Å². The fourth-order valence-corrected chi connectivity index (χ4v) is 2.12. The van der Waals surface area contributed by atoms with Gasteiger partial charge in [-0.3, -0.25) is 9.36 Å². The lowest BCUT2D eigenvalue weighted by atomic mass is 10.0. The molecule has 0 aliphatic heterocycles. The van der Waals surface area contributed by atoms with Crippen LogP contribution in [0.2, 0.25) is 0 Å². The molecule has 2 aromatic rings. The van der Waals surface area contributed by atoms with Gasteiger partial charge in [-0.15, -0.1) is 0 Å². The summed E-state index contributed by atoms with van der Waals surface area (Å²) in [4.78, 5) is 0. The Morgan fingerprint density at radius 3 is 2.59 bits per heavy atom. The van der Waals surface area contributed by atoms with E-state index in [1.165, 1.54) is 5.56 Å². The maximum absolute atomic E-state index is 4.47. The van der Waals surface area contributed by atoms with Crippen LogP contribution in [0.15, 0.2) is 18.5 Å². The summed E-state index contributed by atoms with van der Waals surface area (Å²) >= 11 is 0. The molecule has 0 saturated carbocycles. The number of aryl methyl sites for hydroxylation is 3. The van der Waals surface area contributed by atoms with Gasteiger partial charge in [-0.2, -0.15) is 10.2 Å². The van der Waals surface area contributed by atoms with Crippen LogP contribution in [-0.2, 0) is 20.5 Å². The van der Waals surface area contributed by atoms with Gasteiger partial charge in [-0.05, 0) is 19.5 Å². The topological polar surface area (TPSA) is 47.7 Å². The van der Waals surface area contributed by atoms with Gasteiger partial charge in [-0.1, -0.05) is 6.92 Å². The zero-order valence-electron chi connectivity index (χ0n) is 10.8. The predicted octanol–water partition coefficient (Wildman–Crippen LogP) is 1.02. The van der Waals surface area contributed by atoms with Crippen molar-refractivity contribution in [3.8, 4) is 0 Å². The highest BCUT2D eigenvalue weighted by atomic mass is 15.3. The Morgan fingerprint density at radius 2 is 2.06 bits per heavy atom. The second-order valence-electron chi connectivity index (χ2n) is 4.19. The minimum Gasteiger partial charge on any atom is -0.308 e. The normalized spacial score (nSPS) is 12.9. The Kier molecular flexibility index (Phi) is 3.28. The van der Waals surface area contributed by atoms with Crippen molar-refractivity contribution in [1.82, 2.24) is 24.9 Å². The summed E-state index contributed by atoms with van der Waals surface area (Å²) in [6.07, 6.45) is 4.96. The molecule has 0 amide bonds. The Morgan fingerprint density at radius 1 is 1.29 bits per heavy atom. The molecule has 0 radical (unpaired) electrons. The van der Waals surface area contributed by atoms with Gasteiger partial charge in [0.2, 0.25) is 0 Å². The first-order valence-corrected chi connectivity index (χ1v) is 5.85. The third-order valence-electron chi connectivity index (χ3n) is 2.90. The fourth-order valence-electron chi connectivity index (χ4n) is 2.12. The zero-order chi connectivity index (χ0) is 12.4. The number of nitrogens with one attached hydrogen (secondary N) is 1. The quantitative estimate of drug-likeness (QED) is 0.858. The fraction of sp³-hybridized carbons (Fsp3) is 0.500. The summed E-state index contributed by atoms with van der Waals surface area (Å²) < 4.78 is 3.68. The highest BCUT2D eigenvalue weighted by molar-refractivity contribution is 5.29.